The van der Waals surface area contributed by atoms with E-state index in [-0.39, 0.29) is 30.6 Å². The lowest BCUT2D eigenvalue weighted by Crippen LogP contribution is -2.51. The van der Waals surface area contributed by atoms with Gasteiger partial charge in [-0.2, -0.15) is 5.26 Å². The van der Waals surface area contributed by atoms with E-state index in [1.807, 2.05) is 6.26 Å². The van der Waals surface area contributed by atoms with Gasteiger partial charge in [0.2, 0.25) is 5.91 Å². The fraction of sp³-hybridized carbons (Fsp3) is 0.870. The summed E-state index contributed by atoms with van der Waals surface area (Å²) in [5, 5.41) is 14.7. The highest BCUT2D eigenvalue weighted by Gasteiger charge is 2.38. The summed E-state index contributed by atoms with van der Waals surface area (Å²) < 4.78 is 20.0. The highest BCUT2D eigenvalue weighted by atomic mass is 33.1. The van der Waals surface area contributed by atoms with Crippen LogP contribution in [0.1, 0.15) is 61.3 Å². The Morgan fingerprint density at radius 3 is 2.44 bits per heavy atom. The summed E-state index contributed by atoms with van der Waals surface area (Å²) >= 11 is 0. The third-order valence-electron chi connectivity index (χ3n) is 5.05. The van der Waals surface area contributed by atoms with Crippen molar-refractivity contribution in [1.82, 2.24) is 15.3 Å². The number of hydrogen-bond donors (Lipinski definition) is 2. The van der Waals surface area contributed by atoms with Crippen molar-refractivity contribution in [3.05, 3.63) is 0 Å². The first-order valence-electron chi connectivity index (χ1n) is 12.2. The van der Waals surface area contributed by atoms with E-state index in [2.05, 4.69) is 49.1 Å². The third-order valence-corrected chi connectivity index (χ3v) is 9.43. The molecule has 13 heteroatoms. The normalized spacial score (nSPS) is 21.9. The quantitative estimate of drug-likeness (QED) is 0.185. The highest BCUT2D eigenvalue weighted by Crippen LogP contribution is 2.48. The zero-order chi connectivity index (χ0) is 27.5. The average Bonchev–Trinajstić information content (AvgIpc) is 3.10. The van der Waals surface area contributed by atoms with Crippen molar-refractivity contribution in [3.8, 4) is 6.07 Å². The van der Waals surface area contributed by atoms with Gasteiger partial charge in [0.1, 0.15) is 33.9 Å². The van der Waals surface area contributed by atoms with Crippen LogP contribution in [0.3, 0.4) is 0 Å². The molecule has 1 saturated heterocycles. The molecule has 204 valence electrons. The fourth-order valence-electron chi connectivity index (χ4n) is 3.77. The standard InChI is InChI=1S/C23H42BN4O5PS2/c1-15(2)28(16(3)4)34(11-9-10-25)33-18-12-20(24)31-19(18)13-26-21(29)17(14-36-35-8)27-22(30)32-23(5,6)7/h15-20H,9,11-14H2,1-8H3,(H,26,29)(H,27,30). The van der Waals surface area contributed by atoms with Crippen molar-refractivity contribution in [3.63, 3.8) is 0 Å². The zero-order valence-corrected chi connectivity index (χ0v) is 25.3. The smallest absolute Gasteiger partial charge is 0.408 e. The molecule has 1 aliphatic heterocycles. The first kappa shape index (κ1) is 33.3. The maximum Gasteiger partial charge on any atom is 0.408 e. The lowest BCUT2D eigenvalue weighted by Gasteiger charge is -2.38. The molecule has 2 radical (unpaired) electrons. The Balaban J connectivity index is 2.87. The second-order valence-electron chi connectivity index (χ2n) is 10.0. The van der Waals surface area contributed by atoms with Crippen LogP contribution in [0.4, 0.5) is 4.79 Å². The van der Waals surface area contributed by atoms with Crippen LogP contribution < -0.4 is 10.6 Å². The number of ether oxygens (including phenoxy) is 2. The number of rotatable bonds is 14. The van der Waals surface area contributed by atoms with Gasteiger partial charge in [0.25, 0.3) is 0 Å². The van der Waals surface area contributed by atoms with E-state index in [0.717, 1.165) is 0 Å². The molecule has 1 aliphatic rings. The van der Waals surface area contributed by atoms with Gasteiger partial charge in [0, 0.05) is 43.0 Å². The summed E-state index contributed by atoms with van der Waals surface area (Å²) in [4.78, 5) is 25.2. The molecule has 0 aromatic heterocycles. The van der Waals surface area contributed by atoms with Gasteiger partial charge in [0.15, 0.2) is 0 Å². The van der Waals surface area contributed by atoms with Gasteiger partial charge in [-0.3, -0.25) is 9.46 Å². The number of carbonyl (C=O) groups excluding carboxylic acids is 2. The summed E-state index contributed by atoms with van der Waals surface area (Å²) in [6.07, 6.45) is 2.03. The van der Waals surface area contributed by atoms with Crippen molar-refractivity contribution in [2.24, 2.45) is 0 Å². The van der Waals surface area contributed by atoms with Crippen molar-refractivity contribution in [2.75, 3.05) is 24.7 Å². The van der Waals surface area contributed by atoms with Crippen molar-refractivity contribution in [2.45, 2.75) is 103 Å². The number of hydrogen-bond acceptors (Lipinski definition) is 9. The molecule has 0 saturated carbocycles. The molecule has 9 nitrogen and oxygen atoms in total. The van der Waals surface area contributed by atoms with Crippen LogP contribution in [0.5, 0.6) is 0 Å². The van der Waals surface area contributed by atoms with Crippen LogP contribution in [0, 0.1) is 11.3 Å². The lowest BCUT2D eigenvalue weighted by molar-refractivity contribution is -0.123. The average molecular weight is 561 g/mol. The predicted octanol–water partition coefficient (Wildman–Crippen LogP) is 4.02. The Hall–Kier alpha value is -0.695. The van der Waals surface area contributed by atoms with Crippen molar-refractivity contribution in [1.29, 1.82) is 5.26 Å². The molecule has 0 bridgehead atoms. The second-order valence-corrected chi connectivity index (χ2v) is 14.5. The van der Waals surface area contributed by atoms with E-state index in [9.17, 15) is 9.59 Å². The van der Waals surface area contributed by atoms with Gasteiger partial charge >= 0.3 is 6.09 Å². The molecular formula is C23H42BN4O5PS2. The molecule has 0 aromatic rings. The van der Waals surface area contributed by atoms with Crippen LogP contribution in [0.15, 0.2) is 0 Å². The number of amides is 2. The van der Waals surface area contributed by atoms with E-state index < -0.39 is 38.1 Å². The molecule has 0 aliphatic carbocycles. The topological polar surface area (TPSA) is 113 Å². The largest absolute Gasteiger partial charge is 0.444 e. The summed E-state index contributed by atoms with van der Waals surface area (Å²) in [7, 11) is 8.01. The number of nitrogens with one attached hydrogen (secondary N) is 2. The number of nitriles is 1. The number of alkyl carbamates (subject to hydrolysis) is 1. The fourth-order valence-corrected chi connectivity index (χ4v) is 7.39. The predicted molar refractivity (Wildman–Crippen MR) is 150 cm³/mol. The van der Waals surface area contributed by atoms with Crippen molar-refractivity contribution >= 4 is 49.7 Å². The van der Waals surface area contributed by atoms with Crippen LogP contribution in [0.25, 0.3) is 0 Å². The van der Waals surface area contributed by atoms with Gasteiger partial charge < -0.3 is 24.6 Å². The lowest BCUT2D eigenvalue weighted by atomic mass is 9.96. The molecule has 1 fully saturated rings. The molecule has 2 N–H and O–H groups in total. The van der Waals surface area contributed by atoms with Gasteiger partial charge in [-0.15, -0.1) is 0 Å². The third kappa shape index (κ3) is 12.2. The maximum atomic E-state index is 13.0. The Labute approximate surface area is 227 Å². The highest BCUT2D eigenvalue weighted by molar-refractivity contribution is 8.76. The molecule has 1 rings (SSSR count). The summed E-state index contributed by atoms with van der Waals surface area (Å²) in [5.41, 5.74) is -0.667. The van der Waals surface area contributed by atoms with Gasteiger partial charge in [-0.25, -0.2) is 4.79 Å². The van der Waals surface area contributed by atoms with Gasteiger partial charge in [-0.05, 0) is 61.1 Å². The van der Waals surface area contributed by atoms with E-state index in [1.54, 1.807) is 20.8 Å². The monoisotopic (exact) mass is 560 g/mol. The minimum absolute atomic E-state index is 0.193. The molecule has 0 spiro atoms. The zero-order valence-electron chi connectivity index (χ0n) is 22.8. The molecular weight excluding hydrogens is 518 g/mol. The Kier molecular flexibility index (Phi) is 15.1. The molecule has 0 aromatic carbocycles. The summed E-state index contributed by atoms with van der Waals surface area (Å²) in [5.74, 6) is 0.0527. The molecule has 5 unspecified atom stereocenters. The minimum atomic E-state index is -1.05. The van der Waals surface area contributed by atoms with E-state index in [4.69, 9.17) is 27.1 Å². The second kappa shape index (κ2) is 16.3. The van der Waals surface area contributed by atoms with Crippen LogP contribution in [-0.4, -0.2) is 91.2 Å². The van der Waals surface area contributed by atoms with Crippen molar-refractivity contribution < 1.29 is 23.6 Å². The first-order chi connectivity index (χ1) is 16.8. The van der Waals surface area contributed by atoms with Gasteiger partial charge in [0.05, 0.1) is 12.2 Å². The molecule has 5 atom stereocenters. The first-order valence-corrected chi connectivity index (χ1v) is 16.3. The number of nitrogens with zero attached hydrogens (tertiary/aromatic N) is 2. The van der Waals surface area contributed by atoms with Crippen LogP contribution in [0.2, 0.25) is 0 Å². The SMILES string of the molecule is [B]C1CC(OP(CCC#N)N(C(C)C)C(C)C)C(CNC(=O)C(CSSC)NC(=O)OC(C)(C)C)O1. The molecule has 2 amide bonds. The molecule has 1 heterocycles. The maximum absolute atomic E-state index is 13.0. The Morgan fingerprint density at radius 2 is 1.92 bits per heavy atom. The minimum Gasteiger partial charge on any atom is -0.444 e. The van der Waals surface area contributed by atoms with Gasteiger partial charge in [-0.1, -0.05) is 21.6 Å². The van der Waals surface area contributed by atoms with Crippen LogP contribution >= 0.6 is 29.9 Å². The number of carbonyl (C=O) groups is 2. The Morgan fingerprint density at radius 1 is 1.28 bits per heavy atom. The van der Waals surface area contributed by atoms with E-state index in [1.165, 1.54) is 21.6 Å². The Bertz CT molecular complexity index is 730. The molecule has 36 heavy (non-hydrogen) atoms. The van der Waals surface area contributed by atoms with E-state index in [0.29, 0.717) is 24.8 Å². The van der Waals surface area contributed by atoms with Crippen LogP contribution in [-0.2, 0) is 18.8 Å². The summed E-state index contributed by atoms with van der Waals surface area (Å²) in [6, 6.07) is 1.45. The van der Waals surface area contributed by atoms with E-state index >= 15 is 0 Å². The summed E-state index contributed by atoms with van der Waals surface area (Å²) in [6.45, 7) is 14.0.